The third kappa shape index (κ3) is 4.29. The lowest BCUT2D eigenvalue weighted by Gasteiger charge is -2.24. The van der Waals surface area contributed by atoms with Crippen molar-refractivity contribution in [1.82, 2.24) is 9.03 Å². The number of anilines is 1. The predicted molar refractivity (Wildman–Crippen MR) is 94.1 cm³/mol. The average molecular weight is 369 g/mol. The average Bonchev–Trinajstić information content (AvgIpc) is 2.86. The third-order valence-electron chi connectivity index (χ3n) is 4.21. The van der Waals surface area contributed by atoms with E-state index in [2.05, 4.69) is 13.8 Å². The lowest BCUT2D eigenvalue weighted by atomic mass is 9.93. The van der Waals surface area contributed by atoms with E-state index in [1.54, 1.807) is 0 Å². The molecule has 0 aliphatic carbocycles. The molecule has 0 saturated carbocycles. The number of carboxylic acids is 1. The number of amides is 1. The number of hydrogen-bond acceptors (Lipinski definition) is 5. The number of carboxylic acid groups (broad SMARTS) is 1. The van der Waals surface area contributed by atoms with Crippen molar-refractivity contribution in [3.8, 4) is 0 Å². The van der Waals surface area contributed by atoms with Gasteiger partial charge in [0, 0.05) is 27.2 Å². The molecule has 0 aromatic heterocycles. The van der Waals surface area contributed by atoms with Crippen LogP contribution in [-0.2, 0) is 10.2 Å². The normalized spacial score (nSPS) is 16.9. The molecule has 1 aliphatic heterocycles. The first-order chi connectivity index (χ1) is 11.4. The summed E-state index contributed by atoms with van der Waals surface area (Å²) in [4.78, 5) is 25.7. The Morgan fingerprint density at radius 1 is 1.28 bits per heavy atom. The standard InChI is InChI=1S/C16H23N3O5S/c1-16(2)7-8-19(10-16)13-9-11(15(21)22)5-6-12(13)14(20)17-25(23,24)18(3)4/h5-6,9H,7-8,10H2,1-4H3,(H,17,20)(H,21,22). The zero-order valence-electron chi connectivity index (χ0n) is 14.7. The summed E-state index contributed by atoms with van der Waals surface area (Å²) < 4.78 is 26.7. The second-order valence-corrected chi connectivity index (χ2v) is 8.98. The molecule has 9 heteroatoms. The first-order valence-corrected chi connectivity index (χ1v) is 9.24. The second-order valence-electron chi connectivity index (χ2n) is 7.09. The number of nitrogens with zero attached hydrogens (tertiary/aromatic N) is 2. The van der Waals surface area contributed by atoms with Crippen molar-refractivity contribution < 1.29 is 23.1 Å². The Morgan fingerprint density at radius 2 is 1.92 bits per heavy atom. The summed E-state index contributed by atoms with van der Waals surface area (Å²) in [6.45, 7) is 5.49. The summed E-state index contributed by atoms with van der Waals surface area (Å²) in [5, 5.41) is 9.22. The minimum Gasteiger partial charge on any atom is -0.478 e. The lowest BCUT2D eigenvalue weighted by molar-refractivity contribution is 0.0696. The zero-order chi connectivity index (χ0) is 19.0. The van der Waals surface area contributed by atoms with Crippen LogP contribution in [0.1, 0.15) is 41.0 Å². The Labute approximate surface area is 147 Å². The Hall–Kier alpha value is -2.13. The molecule has 1 aliphatic rings. The number of nitrogens with one attached hydrogen (secondary N) is 1. The van der Waals surface area contributed by atoms with Gasteiger partial charge in [0.15, 0.2) is 0 Å². The number of hydrogen-bond donors (Lipinski definition) is 2. The van der Waals surface area contributed by atoms with Gasteiger partial charge in [-0.25, -0.2) is 9.52 Å². The highest BCUT2D eigenvalue weighted by atomic mass is 32.2. The van der Waals surface area contributed by atoms with Crippen LogP contribution in [0.25, 0.3) is 0 Å². The second kappa shape index (κ2) is 6.64. The molecule has 25 heavy (non-hydrogen) atoms. The van der Waals surface area contributed by atoms with Crippen LogP contribution in [0.3, 0.4) is 0 Å². The van der Waals surface area contributed by atoms with Gasteiger partial charge >= 0.3 is 16.2 Å². The number of carbonyl (C=O) groups is 2. The van der Waals surface area contributed by atoms with Crippen LogP contribution < -0.4 is 9.62 Å². The molecule has 8 nitrogen and oxygen atoms in total. The van der Waals surface area contributed by atoms with E-state index in [-0.39, 0.29) is 16.5 Å². The van der Waals surface area contributed by atoms with Crippen molar-refractivity contribution in [2.75, 3.05) is 32.1 Å². The highest BCUT2D eigenvalue weighted by Crippen LogP contribution is 2.34. The maximum atomic E-state index is 12.5. The molecule has 1 amide bonds. The fourth-order valence-corrected chi connectivity index (χ4v) is 3.23. The monoisotopic (exact) mass is 369 g/mol. The molecule has 138 valence electrons. The predicted octanol–water partition coefficient (Wildman–Crippen LogP) is 1.16. The van der Waals surface area contributed by atoms with Gasteiger partial charge < -0.3 is 10.0 Å². The number of benzene rings is 1. The van der Waals surface area contributed by atoms with Crippen LogP contribution in [0.5, 0.6) is 0 Å². The summed E-state index contributed by atoms with van der Waals surface area (Å²) in [6.07, 6.45) is 0.890. The number of carbonyl (C=O) groups excluding carboxylic acids is 1. The van der Waals surface area contributed by atoms with E-state index in [4.69, 9.17) is 0 Å². The quantitative estimate of drug-likeness (QED) is 0.806. The minimum atomic E-state index is -3.94. The van der Waals surface area contributed by atoms with Crippen LogP contribution >= 0.6 is 0 Å². The molecule has 0 atom stereocenters. The maximum Gasteiger partial charge on any atom is 0.335 e. The van der Waals surface area contributed by atoms with E-state index in [1.165, 1.54) is 32.3 Å². The van der Waals surface area contributed by atoms with Gasteiger partial charge in [0.25, 0.3) is 5.91 Å². The summed E-state index contributed by atoms with van der Waals surface area (Å²) in [6, 6.07) is 4.07. The molecule has 1 fully saturated rings. The van der Waals surface area contributed by atoms with Crippen LogP contribution in [0.4, 0.5) is 5.69 Å². The van der Waals surface area contributed by atoms with E-state index >= 15 is 0 Å². The van der Waals surface area contributed by atoms with Crippen molar-refractivity contribution in [2.45, 2.75) is 20.3 Å². The van der Waals surface area contributed by atoms with Gasteiger partial charge in [0.1, 0.15) is 0 Å². The molecule has 1 aromatic rings. The largest absolute Gasteiger partial charge is 0.478 e. The molecule has 0 spiro atoms. The van der Waals surface area contributed by atoms with Gasteiger partial charge in [-0.1, -0.05) is 13.8 Å². The Balaban J connectivity index is 2.44. The molecule has 1 aromatic carbocycles. The van der Waals surface area contributed by atoms with Crippen LogP contribution in [0, 0.1) is 5.41 Å². The fourth-order valence-electron chi connectivity index (χ4n) is 2.70. The van der Waals surface area contributed by atoms with E-state index < -0.39 is 22.1 Å². The van der Waals surface area contributed by atoms with E-state index in [9.17, 15) is 23.1 Å². The molecule has 1 heterocycles. The molecule has 2 rings (SSSR count). The third-order valence-corrected chi connectivity index (χ3v) is 5.61. The lowest BCUT2D eigenvalue weighted by Crippen LogP contribution is -2.40. The Kier molecular flexibility index (Phi) is 5.10. The number of aromatic carboxylic acids is 1. The molecule has 2 N–H and O–H groups in total. The fraction of sp³-hybridized carbons (Fsp3) is 0.500. The summed E-state index contributed by atoms with van der Waals surface area (Å²) >= 11 is 0. The first kappa shape index (κ1) is 19.2. The minimum absolute atomic E-state index is 0.0304. The zero-order valence-corrected chi connectivity index (χ0v) is 15.6. The van der Waals surface area contributed by atoms with Gasteiger partial charge in [-0.2, -0.15) is 12.7 Å². The van der Waals surface area contributed by atoms with Crippen LogP contribution in [0.15, 0.2) is 18.2 Å². The topological polar surface area (TPSA) is 107 Å². The van der Waals surface area contributed by atoms with Gasteiger partial charge in [-0.05, 0) is 30.0 Å². The van der Waals surface area contributed by atoms with Crippen LogP contribution in [-0.4, -0.2) is 56.9 Å². The van der Waals surface area contributed by atoms with Gasteiger partial charge in [-0.15, -0.1) is 0 Å². The van der Waals surface area contributed by atoms with E-state index in [0.717, 1.165) is 10.7 Å². The van der Waals surface area contributed by atoms with Crippen LogP contribution in [0.2, 0.25) is 0 Å². The highest BCUT2D eigenvalue weighted by molar-refractivity contribution is 7.87. The van der Waals surface area contributed by atoms with Gasteiger partial charge in [0.05, 0.1) is 16.8 Å². The van der Waals surface area contributed by atoms with E-state index in [0.29, 0.717) is 18.8 Å². The van der Waals surface area contributed by atoms with E-state index in [1.807, 2.05) is 9.62 Å². The number of rotatable bonds is 5. The van der Waals surface area contributed by atoms with Crippen molar-refractivity contribution in [3.63, 3.8) is 0 Å². The van der Waals surface area contributed by atoms with Gasteiger partial charge in [0.2, 0.25) is 0 Å². The highest BCUT2D eigenvalue weighted by Gasteiger charge is 2.32. The van der Waals surface area contributed by atoms with Crippen molar-refractivity contribution >= 4 is 27.8 Å². The van der Waals surface area contributed by atoms with Crippen molar-refractivity contribution in [1.29, 1.82) is 0 Å². The summed E-state index contributed by atoms with van der Waals surface area (Å²) in [5.74, 6) is -1.89. The first-order valence-electron chi connectivity index (χ1n) is 7.80. The smallest absolute Gasteiger partial charge is 0.335 e. The summed E-state index contributed by atoms with van der Waals surface area (Å²) in [5.41, 5.74) is 0.639. The maximum absolute atomic E-state index is 12.5. The molecular weight excluding hydrogens is 346 g/mol. The SMILES string of the molecule is CN(C)S(=O)(=O)NC(=O)c1ccc(C(=O)O)cc1N1CCC(C)(C)C1. The Morgan fingerprint density at radius 3 is 2.40 bits per heavy atom. The molecule has 0 unspecified atom stereocenters. The molecule has 1 saturated heterocycles. The summed E-state index contributed by atoms with van der Waals surface area (Å²) in [7, 11) is -1.31. The molecule has 0 radical (unpaired) electrons. The van der Waals surface area contributed by atoms with Crippen molar-refractivity contribution in [3.05, 3.63) is 29.3 Å². The van der Waals surface area contributed by atoms with Crippen molar-refractivity contribution in [2.24, 2.45) is 5.41 Å². The van der Waals surface area contributed by atoms with Gasteiger partial charge in [-0.3, -0.25) is 4.79 Å². The molecule has 0 bridgehead atoms. The molecular formula is C16H23N3O5S. The Bertz CT molecular complexity index is 802.